The van der Waals surface area contributed by atoms with Crippen molar-refractivity contribution in [2.75, 3.05) is 13.2 Å². The van der Waals surface area contributed by atoms with Gasteiger partial charge in [0.2, 0.25) is 0 Å². The van der Waals surface area contributed by atoms with E-state index in [0.29, 0.717) is 5.92 Å². The van der Waals surface area contributed by atoms with E-state index in [2.05, 4.69) is 6.58 Å². The van der Waals surface area contributed by atoms with Crippen molar-refractivity contribution in [3.63, 3.8) is 0 Å². The molecule has 0 unspecified atom stereocenters. The Morgan fingerprint density at radius 1 is 1.71 bits per heavy atom. The third-order valence-corrected chi connectivity index (χ3v) is 1.30. The van der Waals surface area contributed by atoms with E-state index in [-0.39, 0.29) is 0 Å². The normalized spacial score (nSPS) is 30.6. The molecule has 0 amide bonds. The van der Waals surface area contributed by atoms with Crippen LogP contribution in [0.2, 0.25) is 0 Å². The molecule has 1 rings (SSSR count). The molecule has 1 aliphatic heterocycles. The van der Waals surface area contributed by atoms with E-state index >= 15 is 0 Å². The van der Waals surface area contributed by atoms with E-state index < -0.39 is 0 Å². The van der Waals surface area contributed by atoms with E-state index in [1.807, 2.05) is 6.08 Å². The van der Waals surface area contributed by atoms with Gasteiger partial charge in [-0.2, -0.15) is 0 Å². The standard InChI is InChI=1S/C6H10O/c1-2-6-3-4-7-5-6/h2,6H,1,3-5H2/t6-/m0/s1. The maximum atomic E-state index is 5.08. The van der Waals surface area contributed by atoms with Crippen molar-refractivity contribution in [3.8, 4) is 0 Å². The Morgan fingerprint density at radius 3 is 2.86 bits per heavy atom. The predicted octanol–water partition coefficient (Wildman–Crippen LogP) is 1.21. The van der Waals surface area contributed by atoms with E-state index in [9.17, 15) is 0 Å². The highest BCUT2D eigenvalue weighted by atomic mass is 16.5. The second kappa shape index (κ2) is 2.12. The van der Waals surface area contributed by atoms with Crippen LogP contribution in [0.1, 0.15) is 6.42 Å². The van der Waals surface area contributed by atoms with Crippen LogP contribution in [0.5, 0.6) is 0 Å². The van der Waals surface area contributed by atoms with E-state index in [4.69, 9.17) is 4.74 Å². The molecule has 40 valence electrons. The Hall–Kier alpha value is -0.300. The molecule has 1 heteroatoms. The van der Waals surface area contributed by atoms with Gasteiger partial charge in [0.15, 0.2) is 0 Å². The van der Waals surface area contributed by atoms with Crippen molar-refractivity contribution in [1.29, 1.82) is 0 Å². The Kier molecular flexibility index (Phi) is 1.47. The molecule has 1 atom stereocenters. The first kappa shape index (κ1) is 4.85. The Balaban J connectivity index is 2.26. The smallest absolute Gasteiger partial charge is 0.0529 e. The zero-order chi connectivity index (χ0) is 5.11. The Morgan fingerprint density at radius 2 is 2.57 bits per heavy atom. The predicted molar refractivity (Wildman–Crippen MR) is 29.1 cm³/mol. The molecular weight excluding hydrogens is 88.1 g/mol. The molecule has 1 nitrogen and oxygen atoms in total. The Labute approximate surface area is 44.0 Å². The first-order valence-corrected chi connectivity index (χ1v) is 2.64. The molecule has 0 aliphatic carbocycles. The van der Waals surface area contributed by atoms with Crippen LogP contribution in [0.25, 0.3) is 0 Å². The third kappa shape index (κ3) is 1.03. The second-order valence-electron chi connectivity index (χ2n) is 1.86. The molecule has 0 N–H and O–H groups in total. The lowest BCUT2D eigenvalue weighted by atomic mass is 10.1. The van der Waals surface area contributed by atoms with Gasteiger partial charge in [0.1, 0.15) is 0 Å². The summed E-state index contributed by atoms with van der Waals surface area (Å²) in [4.78, 5) is 0. The van der Waals surface area contributed by atoms with E-state index in [0.717, 1.165) is 13.2 Å². The minimum absolute atomic E-state index is 0.639. The second-order valence-corrected chi connectivity index (χ2v) is 1.86. The van der Waals surface area contributed by atoms with Crippen molar-refractivity contribution in [1.82, 2.24) is 0 Å². The average molecular weight is 98.1 g/mol. The van der Waals surface area contributed by atoms with Crippen LogP contribution in [-0.2, 0) is 4.74 Å². The van der Waals surface area contributed by atoms with Crippen LogP contribution in [0, 0.1) is 5.92 Å². The summed E-state index contributed by atoms with van der Waals surface area (Å²) < 4.78 is 5.08. The molecular formula is C6H10O. The maximum Gasteiger partial charge on any atom is 0.0529 e. The molecule has 1 heterocycles. The van der Waals surface area contributed by atoms with Gasteiger partial charge in [-0.15, -0.1) is 6.58 Å². The lowest BCUT2D eigenvalue weighted by Crippen LogP contribution is -1.90. The molecule has 0 aromatic heterocycles. The van der Waals surface area contributed by atoms with Crippen molar-refractivity contribution >= 4 is 0 Å². The fourth-order valence-electron chi connectivity index (χ4n) is 0.739. The van der Waals surface area contributed by atoms with Gasteiger partial charge in [0.25, 0.3) is 0 Å². The zero-order valence-corrected chi connectivity index (χ0v) is 4.39. The highest BCUT2D eigenvalue weighted by molar-refractivity contribution is 4.81. The number of hydrogen-bond acceptors (Lipinski definition) is 1. The highest BCUT2D eigenvalue weighted by Gasteiger charge is 2.09. The SMILES string of the molecule is C=C[C@H]1CCOC1. The number of hydrogen-bond donors (Lipinski definition) is 0. The topological polar surface area (TPSA) is 9.23 Å². The van der Waals surface area contributed by atoms with Gasteiger partial charge in [0.05, 0.1) is 6.61 Å². The molecule has 7 heavy (non-hydrogen) atoms. The van der Waals surface area contributed by atoms with Gasteiger partial charge in [-0.25, -0.2) is 0 Å². The monoisotopic (exact) mass is 98.1 g/mol. The van der Waals surface area contributed by atoms with Crippen molar-refractivity contribution in [2.45, 2.75) is 6.42 Å². The summed E-state index contributed by atoms with van der Waals surface area (Å²) in [6.45, 7) is 5.48. The molecule has 1 aliphatic rings. The number of rotatable bonds is 1. The lowest BCUT2D eigenvalue weighted by molar-refractivity contribution is 0.191. The third-order valence-electron chi connectivity index (χ3n) is 1.30. The fraction of sp³-hybridized carbons (Fsp3) is 0.667. The van der Waals surface area contributed by atoms with Crippen LogP contribution in [-0.4, -0.2) is 13.2 Å². The minimum Gasteiger partial charge on any atom is -0.381 e. The van der Waals surface area contributed by atoms with Gasteiger partial charge in [-0.3, -0.25) is 0 Å². The van der Waals surface area contributed by atoms with Gasteiger partial charge in [-0.05, 0) is 6.42 Å². The summed E-state index contributed by atoms with van der Waals surface area (Å²) in [5.74, 6) is 0.639. The molecule has 0 aromatic rings. The average Bonchev–Trinajstić information content (AvgIpc) is 2.14. The fourth-order valence-corrected chi connectivity index (χ4v) is 0.739. The zero-order valence-electron chi connectivity index (χ0n) is 4.39. The van der Waals surface area contributed by atoms with Crippen LogP contribution in [0.4, 0.5) is 0 Å². The molecule has 0 saturated carbocycles. The van der Waals surface area contributed by atoms with Gasteiger partial charge < -0.3 is 4.74 Å². The summed E-state index contributed by atoms with van der Waals surface area (Å²) in [7, 11) is 0. The highest BCUT2D eigenvalue weighted by Crippen LogP contribution is 2.11. The Bertz CT molecular complexity index is 62.6. The molecule has 0 spiro atoms. The van der Waals surface area contributed by atoms with Gasteiger partial charge in [-0.1, -0.05) is 6.08 Å². The van der Waals surface area contributed by atoms with E-state index in [1.54, 1.807) is 0 Å². The summed E-state index contributed by atoms with van der Waals surface area (Å²) in [6, 6.07) is 0. The molecule has 0 radical (unpaired) electrons. The quantitative estimate of drug-likeness (QED) is 0.448. The summed E-state index contributed by atoms with van der Waals surface area (Å²) in [5.41, 5.74) is 0. The molecule has 0 aromatic carbocycles. The van der Waals surface area contributed by atoms with Crippen LogP contribution < -0.4 is 0 Å². The van der Waals surface area contributed by atoms with Crippen molar-refractivity contribution in [3.05, 3.63) is 12.7 Å². The lowest BCUT2D eigenvalue weighted by Gasteiger charge is -1.92. The van der Waals surface area contributed by atoms with Crippen molar-refractivity contribution < 1.29 is 4.74 Å². The van der Waals surface area contributed by atoms with E-state index in [1.165, 1.54) is 6.42 Å². The molecule has 1 saturated heterocycles. The largest absolute Gasteiger partial charge is 0.381 e. The van der Waals surface area contributed by atoms with Crippen LogP contribution in [0.3, 0.4) is 0 Å². The van der Waals surface area contributed by atoms with Gasteiger partial charge >= 0.3 is 0 Å². The molecule has 1 fully saturated rings. The summed E-state index contributed by atoms with van der Waals surface area (Å²) in [5, 5.41) is 0. The number of ether oxygens (including phenoxy) is 1. The van der Waals surface area contributed by atoms with Crippen molar-refractivity contribution in [2.24, 2.45) is 5.92 Å². The summed E-state index contributed by atoms with van der Waals surface area (Å²) in [6.07, 6.45) is 3.14. The summed E-state index contributed by atoms with van der Waals surface area (Å²) >= 11 is 0. The first-order valence-electron chi connectivity index (χ1n) is 2.64. The maximum absolute atomic E-state index is 5.08. The van der Waals surface area contributed by atoms with Crippen LogP contribution >= 0.6 is 0 Å². The molecule has 0 bridgehead atoms. The minimum atomic E-state index is 0.639. The van der Waals surface area contributed by atoms with Crippen LogP contribution in [0.15, 0.2) is 12.7 Å². The van der Waals surface area contributed by atoms with Gasteiger partial charge in [0, 0.05) is 12.5 Å². The first-order chi connectivity index (χ1) is 3.43.